The molecule has 0 saturated carbocycles. The van der Waals surface area contributed by atoms with Gasteiger partial charge in [-0.15, -0.1) is 0 Å². The van der Waals surface area contributed by atoms with Crippen molar-refractivity contribution in [1.29, 1.82) is 0 Å². The number of urea groups is 2. The van der Waals surface area contributed by atoms with Gasteiger partial charge in [-0.25, -0.2) is 9.59 Å². The molecule has 4 amide bonds. The number of nitrogens with one attached hydrogen (secondary N) is 1. The molecule has 0 spiro atoms. The van der Waals surface area contributed by atoms with E-state index in [2.05, 4.69) is 11.5 Å². The summed E-state index contributed by atoms with van der Waals surface area (Å²) in [6.07, 6.45) is 11.0. The van der Waals surface area contributed by atoms with Crippen LogP contribution in [0.1, 0.15) is 64.2 Å². The summed E-state index contributed by atoms with van der Waals surface area (Å²) in [7, 11) is 0. The molecule has 0 aliphatic carbocycles. The molecule has 8 nitrogen and oxygen atoms in total. The largest absolute Gasteiger partial charge is 0.481 e. The predicted molar refractivity (Wildman–Crippen MR) is 85.2 cm³/mol. The number of hydrogen-bond donors (Lipinski definition) is 5. The lowest BCUT2D eigenvalue weighted by Crippen LogP contribution is -2.38. The van der Waals surface area contributed by atoms with E-state index in [0.717, 1.165) is 25.8 Å². The quantitative estimate of drug-likeness (QED) is 0.365. The Morgan fingerprint density at radius 3 is 1.36 bits per heavy atom. The van der Waals surface area contributed by atoms with Crippen LogP contribution in [-0.4, -0.2) is 29.7 Å². The van der Waals surface area contributed by atoms with E-state index in [-0.39, 0.29) is 0 Å². The number of imide groups is 1. The molecular weight excluding hydrogens is 288 g/mol. The lowest BCUT2D eigenvalue weighted by atomic mass is 10.1. The van der Waals surface area contributed by atoms with E-state index in [1.54, 1.807) is 5.32 Å². The summed E-state index contributed by atoms with van der Waals surface area (Å²) in [5, 5.41) is 10.0. The highest BCUT2D eigenvalue weighted by Crippen LogP contribution is 2.10. The van der Waals surface area contributed by atoms with E-state index in [1.165, 1.54) is 38.5 Å². The smallest absolute Gasteiger partial charge is 0.320 e. The molecule has 0 fully saturated rings. The molecule has 8 heteroatoms. The zero-order valence-corrected chi connectivity index (χ0v) is 13.2. The lowest BCUT2D eigenvalue weighted by molar-refractivity contribution is -0.137. The van der Waals surface area contributed by atoms with Crippen molar-refractivity contribution < 1.29 is 19.5 Å². The van der Waals surface area contributed by atoms with Gasteiger partial charge < -0.3 is 22.3 Å². The summed E-state index contributed by atoms with van der Waals surface area (Å²) in [4.78, 5) is 29.5. The Balaban J connectivity index is 0. The Labute approximate surface area is 131 Å². The topological polar surface area (TPSA) is 162 Å². The first-order chi connectivity index (χ1) is 10.4. The molecule has 0 unspecified atom stereocenters. The van der Waals surface area contributed by atoms with Crippen molar-refractivity contribution in [2.75, 3.05) is 6.54 Å². The number of carbonyl (C=O) groups excluding carboxylic acids is 2. The molecule has 0 aliphatic rings. The highest BCUT2D eigenvalue weighted by Gasteiger charge is 1.96. The average molecular weight is 318 g/mol. The summed E-state index contributed by atoms with van der Waals surface area (Å²) in [5.41, 5.74) is 14.3. The molecule has 0 aliphatic heterocycles. The minimum atomic E-state index is -0.938. The summed E-state index contributed by atoms with van der Waals surface area (Å²) in [6.45, 7) is 0.815. The third kappa shape index (κ3) is 26.7. The number of nitrogens with two attached hydrogens (primary N) is 3. The monoisotopic (exact) mass is 318 g/mol. The zero-order chi connectivity index (χ0) is 17.2. The van der Waals surface area contributed by atoms with Gasteiger partial charge in [-0.2, -0.15) is 0 Å². The van der Waals surface area contributed by atoms with Crippen molar-refractivity contribution >= 4 is 18.0 Å². The van der Waals surface area contributed by atoms with Gasteiger partial charge >= 0.3 is 18.0 Å². The van der Waals surface area contributed by atoms with Crippen molar-refractivity contribution in [3.05, 3.63) is 0 Å². The fourth-order valence-electron chi connectivity index (χ4n) is 1.78. The van der Waals surface area contributed by atoms with Crippen molar-refractivity contribution in [3.8, 4) is 0 Å². The molecule has 8 N–H and O–H groups in total. The second-order valence-corrected chi connectivity index (χ2v) is 4.97. The fourth-order valence-corrected chi connectivity index (χ4v) is 1.78. The SMILES string of the molecule is NC(=O)NC(N)=O.NCCCCCCCCCCCC(=O)O. The van der Waals surface area contributed by atoms with Crippen LogP contribution < -0.4 is 22.5 Å². The van der Waals surface area contributed by atoms with E-state index in [1.807, 2.05) is 0 Å². The third-order valence-corrected chi connectivity index (χ3v) is 2.84. The average Bonchev–Trinajstić information content (AvgIpc) is 2.39. The number of hydrogen-bond acceptors (Lipinski definition) is 4. The minimum absolute atomic E-state index is 0.330. The molecule has 22 heavy (non-hydrogen) atoms. The second-order valence-electron chi connectivity index (χ2n) is 4.97. The van der Waals surface area contributed by atoms with Gasteiger partial charge in [0.25, 0.3) is 0 Å². The Bertz CT molecular complexity index is 299. The predicted octanol–water partition coefficient (Wildman–Crippen LogP) is 1.66. The van der Waals surface area contributed by atoms with Gasteiger partial charge in [0.05, 0.1) is 0 Å². The third-order valence-electron chi connectivity index (χ3n) is 2.84. The number of carbonyl (C=O) groups is 3. The first-order valence-electron chi connectivity index (χ1n) is 7.68. The first-order valence-corrected chi connectivity index (χ1v) is 7.68. The van der Waals surface area contributed by atoms with Crippen LogP contribution in [0.25, 0.3) is 0 Å². The second kappa shape index (κ2) is 17.2. The van der Waals surface area contributed by atoms with Crippen LogP contribution in [0.15, 0.2) is 0 Å². The number of amides is 4. The summed E-state index contributed by atoms with van der Waals surface area (Å²) in [5.74, 6) is -0.670. The van der Waals surface area contributed by atoms with Crippen molar-refractivity contribution in [2.24, 2.45) is 17.2 Å². The van der Waals surface area contributed by atoms with Crippen molar-refractivity contribution in [2.45, 2.75) is 64.2 Å². The number of carboxylic acids is 1. The maximum Gasteiger partial charge on any atom is 0.320 e. The maximum atomic E-state index is 10.2. The van der Waals surface area contributed by atoms with Gasteiger partial charge in [-0.05, 0) is 19.4 Å². The van der Waals surface area contributed by atoms with E-state index in [9.17, 15) is 14.4 Å². The Morgan fingerprint density at radius 1 is 0.727 bits per heavy atom. The van der Waals surface area contributed by atoms with Crippen molar-refractivity contribution in [1.82, 2.24) is 5.32 Å². The summed E-state index contributed by atoms with van der Waals surface area (Å²) >= 11 is 0. The molecule has 0 saturated heterocycles. The fraction of sp³-hybridized carbons (Fsp3) is 0.786. The Morgan fingerprint density at radius 2 is 1.09 bits per heavy atom. The molecule has 0 bridgehead atoms. The van der Waals surface area contributed by atoms with Crippen LogP contribution in [0.4, 0.5) is 9.59 Å². The van der Waals surface area contributed by atoms with E-state index in [0.29, 0.717) is 6.42 Å². The van der Waals surface area contributed by atoms with Crippen LogP contribution in [0.2, 0.25) is 0 Å². The molecule has 0 radical (unpaired) electrons. The molecule has 0 rings (SSSR count). The van der Waals surface area contributed by atoms with Crippen molar-refractivity contribution in [3.63, 3.8) is 0 Å². The number of rotatable bonds is 11. The molecule has 0 aromatic rings. The summed E-state index contributed by atoms with van der Waals surface area (Å²) in [6, 6.07) is -1.88. The first kappa shape index (κ1) is 22.5. The molecule has 0 aromatic heterocycles. The van der Waals surface area contributed by atoms with Crippen LogP contribution in [0.3, 0.4) is 0 Å². The van der Waals surface area contributed by atoms with Gasteiger partial charge in [0.2, 0.25) is 0 Å². The molecule has 0 heterocycles. The zero-order valence-electron chi connectivity index (χ0n) is 13.2. The highest BCUT2D eigenvalue weighted by atomic mass is 16.4. The molecule has 0 aromatic carbocycles. The van der Waals surface area contributed by atoms with Crippen LogP contribution in [0, 0.1) is 0 Å². The molecule has 130 valence electrons. The number of aliphatic carboxylic acids is 1. The van der Waals surface area contributed by atoms with E-state index in [4.69, 9.17) is 10.8 Å². The number of unbranched alkanes of at least 4 members (excludes halogenated alkanes) is 8. The molecule has 0 atom stereocenters. The van der Waals surface area contributed by atoms with Gasteiger partial charge in [-0.3, -0.25) is 10.1 Å². The highest BCUT2D eigenvalue weighted by molar-refractivity contribution is 5.91. The van der Waals surface area contributed by atoms with E-state index >= 15 is 0 Å². The summed E-state index contributed by atoms with van der Waals surface area (Å²) < 4.78 is 0. The minimum Gasteiger partial charge on any atom is -0.481 e. The standard InChI is InChI=1S/C12H25NO2.C2H5N3O2/c13-11-9-7-5-3-1-2-4-6-8-10-12(14)15;3-1(6)5-2(4)7/h1-11,13H2,(H,14,15);(H5,3,4,5,6,7). The Hall–Kier alpha value is -1.83. The number of carboxylic acid groups (broad SMARTS) is 1. The van der Waals surface area contributed by atoms with Gasteiger partial charge in [0.15, 0.2) is 0 Å². The normalized spacial score (nSPS) is 9.50. The maximum absolute atomic E-state index is 10.2. The number of primary amides is 2. The Kier molecular flexibility index (Phi) is 17.6. The van der Waals surface area contributed by atoms with Crippen LogP contribution in [0.5, 0.6) is 0 Å². The molecular formula is C14H30N4O4. The van der Waals surface area contributed by atoms with Crippen LogP contribution >= 0.6 is 0 Å². The van der Waals surface area contributed by atoms with Gasteiger partial charge in [-0.1, -0.05) is 44.9 Å². The van der Waals surface area contributed by atoms with Crippen LogP contribution in [-0.2, 0) is 4.79 Å². The lowest BCUT2D eigenvalue weighted by Gasteiger charge is -2.01. The van der Waals surface area contributed by atoms with Gasteiger partial charge in [0.1, 0.15) is 0 Å². The van der Waals surface area contributed by atoms with Gasteiger partial charge in [0, 0.05) is 6.42 Å². The van der Waals surface area contributed by atoms with E-state index < -0.39 is 18.0 Å².